The second-order valence-corrected chi connectivity index (χ2v) is 3.33. The lowest BCUT2D eigenvalue weighted by molar-refractivity contribution is 0.511. The van der Waals surface area contributed by atoms with Crippen molar-refractivity contribution in [3.8, 4) is 17.2 Å². The third-order valence-electron chi connectivity index (χ3n) is 2.32. The number of benzene rings is 1. The topological polar surface area (TPSA) is 62.7 Å². The molecular weight excluding hydrogens is 224 g/mol. The maximum Gasteiger partial charge on any atom is 0.166 e. The molecule has 3 nitrogen and oxygen atoms in total. The van der Waals surface area contributed by atoms with Gasteiger partial charge in [-0.3, -0.25) is 0 Å². The van der Waals surface area contributed by atoms with Crippen molar-refractivity contribution < 1.29 is 8.78 Å². The number of aromatic nitrogens is 1. The number of nitrogens with two attached hydrogens (primary N) is 1. The Morgan fingerprint density at radius 3 is 2.71 bits per heavy atom. The van der Waals surface area contributed by atoms with Crippen LogP contribution in [0.25, 0.3) is 11.1 Å². The van der Waals surface area contributed by atoms with Crippen molar-refractivity contribution in [1.29, 1.82) is 5.26 Å². The number of anilines is 1. The van der Waals surface area contributed by atoms with E-state index in [1.54, 1.807) is 0 Å². The predicted molar refractivity (Wildman–Crippen MR) is 58.7 cm³/mol. The summed E-state index contributed by atoms with van der Waals surface area (Å²) in [4.78, 5) is 3.77. The SMILES string of the molecule is N#Cc1ccnc(N)c1-c1cccc(F)c1F. The molecule has 0 aliphatic heterocycles. The van der Waals surface area contributed by atoms with Gasteiger partial charge >= 0.3 is 0 Å². The first kappa shape index (κ1) is 11.0. The maximum absolute atomic E-state index is 13.6. The molecule has 5 heteroatoms. The van der Waals surface area contributed by atoms with Gasteiger partial charge in [-0.05, 0) is 12.1 Å². The molecule has 0 spiro atoms. The minimum atomic E-state index is -1.04. The molecule has 0 aliphatic carbocycles. The van der Waals surface area contributed by atoms with Gasteiger partial charge < -0.3 is 5.73 Å². The van der Waals surface area contributed by atoms with Gasteiger partial charge in [0.15, 0.2) is 11.6 Å². The first-order valence-electron chi connectivity index (χ1n) is 4.74. The predicted octanol–water partition coefficient (Wildman–Crippen LogP) is 2.48. The molecule has 1 heterocycles. The highest BCUT2D eigenvalue weighted by Gasteiger charge is 2.16. The van der Waals surface area contributed by atoms with Crippen molar-refractivity contribution >= 4 is 5.82 Å². The van der Waals surface area contributed by atoms with E-state index in [0.717, 1.165) is 6.07 Å². The zero-order chi connectivity index (χ0) is 12.4. The Balaban J connectivity index is 2.78. The van der Waals surface area contributed by atoms with Gasteiger partial charge in [-0.15, -0.1) is 0 Å². The quantitative estimate of drug-likeness (QED) is 0.820. The minimum absolute atomic E-state index is 0.00597. The summed E-state index contributed by atoms with van der Waals surface area (Å²) in [5.41, 5.74) is 5.81. The van der Waals surface area contributed by atoms with Crippen LogP contribution >= 0.6 is 0 Å². The molecule has 84 valence electrons. The fourth-order valence-electron chi connectivity index (χ4n) is 1.55. The highest BCUT2D eigenvalue weighted by Crippen LogP contribution is 2.30. The Labute approximate surface area is 96.1 Å². The van der Waals surface area contributed by atoms with E-state index in [0.29, 0.717) is 0 Å². The van der Waals surface area contributed by atoms with Crippen LogP contribution < -0.4 is 5.73 Å². The molecule has 2 N–H and O–H groups in total. The van der Waals surface area contributed by atoms with Crippen molar-refractivity contribution in [2.24, 2.45) is 0 Å². The molecule has 2 aromatic rings. The van der Waals surface area contributed by atoms with Gasteiger partial charge in [0.1, 0.15) is 5.82 Å². The number of pyridine rings is 1. The molecule has 0 amide bonds. The summed E-state index contributed by atoms with van der Waals surface area (Å²) in [5.74, 6) is -2.04. The second kappa shape index (κ2) is 4.18. The molecule has 0 saturated heterocycles. The third kappa shape index (κ3) is 1.81. The Morgan fingerprint density at radius 1 is 1.24 bits per heavy atom. The monoisotopic (exact) mass is 231 g/mol. The van der Waals surface area contributed by atoms with Crippen molar-refractivity contribution in [3.63, 3.8) is 0 Å². The summed E-state index contributed by atoms with van der Waals surface area (Å²) in [5, 5.41) is 8.91. The maximum atomic E-state index is 13.6. The van der Waals surface area contributed by atoms with Crippen LogP contribution in [-0.4, -0.2) is 4.98 Å². The molecule has 0 atom stereocenters. The zero-order valence-electron chi connectivity index (χ0n) is 8.61. The highest BCUT2D eigenvalue weighted by atomic mass is 19.2. The molecule has 0 bridgehead atoms. The van der Waals surface area contributed by atoms with Crippen LogP contribution in [0, 0.1) is 23.0 Å². The zero-order valence-corrected chi connectivity index (χ0v) is 8.61. The van der Waals surface area contributed by atoms with E-state index in [1.807, 2.05) is 6.07 Å². The molecule has 17 heavy (non-hydrogen) atoms. The minimum Gasteiger partial charge on any atom is -0.383 e. The first-order valence-corrected chi connectivity index (χ1v) is 4.74. The Morgan fingerprint density at radius 2 is 2.00 bits per heavy atom. The molecular formula is C12H7F2N3. The number of nitrogen functional groups attached to an aromatic ring is 1. The molecule has 1 aromatic heterocycles. The average Bonchev–Trinajstić information content (AvgIpc) is 2.33. The lowest BCUT2D eigenvalue weighted by atomic mass is 10.0. The normalized spacial score (nSPS) is 9.94. The molecule has 1 aromatic carbocycles. The highest BCUT2D eigenvalue weighted by molar-refractivity contribution is 5.79. The second-order valence-electron chi connectivity index (χ2n) is 3.33. The van der Waals surface area contributed by atoms with Gasteiger partial charge in [0.25, 0.3) is 0 Å². The van der Waals surface area contributed by atoms with E-state index in [-0.39, 0.29) is 22.5 Å². The molecule has 0 saturated carbocycles. The summed E-state index contributed by atoms with van der Waals surface area (Å²) in [6.45, 7) is 0. The lowest BCUT2D eigenvalue weighted by Gasteiger charge is -2.08. The van der Waals surface area contributed by atoms with Gasteiger partial charge in [-0.2, -0.15) is 5.26 Å². The number of hydrogen-bond acceptors (Lipinski definition) is 3. The standard InChI is InChI=1S/C12H7F2N3/c13-9-3-1-2-8(11(9)14)10-7(6-15)4-5-17-12(10)16/h1-5H,(H2,16,17). The van der Waals surface area contributed by atoms with Crippen molar-refractivity contribution in [3.05, 3.63) is 47.7 Å². The summed E-state index contributed by atoms with van der Waals surface area (Å²) < 4.78 is 26.7. The van der Waals surface area contributed by atoms with Gasteiger partial charge in [-0.1, -0.05) is 12.1 Å². The summed E-state index contributed by atoms with van der Waals surface area (Å²) in [6.07, 6.45) is 1.34. The largest absolute Gasteiger partial charge is 0.383 e. The van der Waals surface area contributed by atoms with Crippen molar-refractivity contribution in [2.45, 2.75) is 0 Å². The Hall–Kier alpha value is -2.48. The average molecular weight is 231 g/mol. The number of nitriles is 1. The Bertz CT molecular complexity index is 618. The summed E-state index contributed by atoms with van der Waals surface area (Å²) >= 11 is 0. The van der Waals surface area contributed by atoms with Crippen LogP contribution in [0.5, 0.6) is 0 Å². The van der Waals surface area contributed by atoms with Crippen molar-refractivity contribution in [2.75, 3.05) is 5.73 Å². The first-order chi connectivity index (χ1) is 8.15. The van der Waals surface area contributed by atoms with Gasteiger partial charge in [0, 0.05) is 17.3 Å². The van der Waals surface area contributed by atoms with Crippen LogP contribution in [0.1, 0.15) is 5.56 Å². The van der Waals surface area contributed by atoms with Crippen LogP contribution in [0.2, 0.25) is 0 Å². The lowest BCUT2D eigenvalue weighted by Crippen LogP contribution is -1.99. The molecule has 0 radical (unpaired) electrons. The van der Waals surface area contributed by atoms with E-state index in [9.17, 15) is 8.78 Å². The Kier molecular flexibility index (Phi) is 2.71. The molecule has 2 rings (SSSR count). The van der Waals surface area contributed by atoms with Crippen LogP contribution in [0.4, 0.5) is 14.6 Å². The molecule has 0 fully saturated rings. The van der Waals surface area contributed by atoms with E-state index in [2.05, 4.69) is 4.98 Å². The summed E-state index contributed by atoms with van der Waals surface area (Å²) in [6, 6.07) is 6.97. The van der Waals surface area contributed by atoms with Crippen molar-refractivity contribution in [1.82, 2.24) is 4.98 Å². The fraction of sp³-hybridized carbons (Fsp3) is 0. The third-order valence-corrected chi connectivity index (χ3v) is 2.32. The summed E-state index contributed by atoms with van der Waals surface area (Å²) in [7, 11) is 0. The van der Waals surface area contributed by atoms with Gasteiger partial charge in [0.2, 0.25) is 0 Å². The van der Waals surface area contributed by atoms with Crippen LogP contribution in [0.3, 0.4) is 0 Å². The van der Waals surface area contributed by atoms with Gasteiger partial charge in [-0.25, -0.2) is 13.8 Å². The van der Waals surface area contributed by atoms with E-state index in [4.69, 9.17) is 11.0 Å². The fourth-order valence-corrected chi connectivity index (χ4v) is 1.55. The van der Waals surface area contributed by atoms with Gasteiger partial charge in [0.05, 0.1) is 11.6 Å². The van der Waals surface area contributed by atoms with E-state index in [1.165, 1.54) is 24.4 Å². The molecule has 0 aliphatic rings. The van der Waals surface area contributed by atoms with E-state index >= 15 is 0 Å². The number of hydrogen-bond donors (Lipinski definition) is 1. The number of rotatable bonds is 1. The van der Waals surface area contributed by atoms with Crippen LogP contribution in [0.15, 0.2) is 30.5 Å². The number of halogens is 2. The van der Waals surface area contributed by atoms with Crippen LogP contribution in [-0.2, 0) is 0 Å². The number of nitrogens with zero attached hydrogens (tertiary/aromatic N) is 2. The smallest absolute Gasteiger partial charge is 0.166 e. The molecule has 0 unspecified atom stereocenters. The van der Waals surface area contributed by atoms with E-state index < -0.39 is 11.6 Å².